The van der Waals surface area contributed by atoms with Crippen molar-refractivity contribution in [1.82, 2.24) is 5.32 Å². The van der Waals surface area contributed by atoms with E-state index in [0.717, 1.165) is 25.5 Å². The smallest absolute Gasteiger partial charge is 0.419 e. The van der Waals surface area contributed by atoms with Crippen LogP contribution in [0.1, 0.15) is 39.2 Å². The van der Waals surface area contributed by atoms with Gasteiger partial charge < -0.3 is 10.1 Å². The number of nitrogens with one attached hydrogen (secondary N) is 1. The molecule has 0 spiro atoms. The number of hydrogen-bond acceptors (Lipinski definition) is 2. The van der Waals surface area contributed by atoms with E-state index in [9.17, 15) is 13.2 Å². The highest BCUT2D eigenvalue weighted by atomic mass is 19.4. The molecule has 0 aromatic heterocycles. The molecular weight excluding hydrogens is 267 g/mol. The van der Waals surface area contributed by atoms with E-state index in [1.165, 1.54) is 12.1 Å². The van der Waals surface area contributed by atoms with Gasteiger partial charge in [-0.25, -0.2) is 0 Å². The molecule has 0 fully saturated rings. The SMILES string of the molecule is CCCNC(CC)C(C)Oc1ccccc1C(F)(F)F. The Hall–Kier alpha value is -1.23. The first-order valence-corrected chi connectivity index (χ1v) is 6.96. The number of alkyl halides is 3. The van der Waals surface area contributed by atoms with Crippen molar-refractivity contribution < 1.29 is 17.9 Å². The minimum atomic E-state index is -4.39. The van der Waals surface area contributed by atoms with Gasteiger partial charge in [0.05, 0.1) is 5.56 Å². The standard InChI is InChI=1S/C15H22F3NO/c1-4-10-19-13(5-2)11(3)20-14-9-7-6-8-12(14)15(16,17)18/h6-9,11,13,19H,4-5,10H2,1-3H3. The third-order valence-corrected chi connectivity index (χ3v) is 3.17. The van der Waals surface area contributed by atoms with Crippen LogP contribution in [0.4, 0.5) is 13.2 Å². The highest BCUT2D eigenvalue weighted by molar-refractivity contribution is 5.35. The van der Waals surface area contributed by atoms with Crippen molar-refractivity contribution in [2.45, 2.75) is 51.9 Å². The van der Waals surface area contributed by atoms with Gasteiger partial charge in [-0.2, -0.15) is 13.2 Å². The van der Waals surface area contributed by atoms with Gasteiger partial charge in [0.25, 0.3) is 0 Å². The third-order valence-electron chi connectivity index (χ3n) is 3.17. The Morgan fingerprint density at radius 3 is 2.40 bits per heavy atom. The van der Waals surface area contributed by atoms with Crippen LogP contribution >= 0.6 is 0 Å². The molecule has 1 N–H and O–H groups in total. The highest BCUT2D eigenvalue weighted by Gasteiger charge is 2.34. The summed E-state index contributed by atoms with van der Waals surface area (Å²) in [6.45, 7) is 6.66. The molecule has 2 unspecified atom stereocenters. The average Bonchev–Trinajstić information content (AvgIpc) is 2.39. The molecule has 0 radical (unpaired) electrons. The van der Waals surface area contributed by atoms with Crippen LogP contribution in [0, 0.1) is 0 Å². The monoisotopic (exact) mass is 289 g/mol. The predicted octanol–water partition coefficient (Wildman–Crippen LogP) is 4.25. The molecule has 0 bridgehead atoms. The summed E-state index contributed by atoms with van der Waals surface area (Å²) in [6, 6.07) is 5.37. The summed E-state index contributed by atoms with van der Waals surface area (Å²) in [5.74, 6) is -0.107. The van der Waals surface area contributed by atoms with Crippen molar-refractivity contribution in [2.24, 2.45) is 0 Å². The van der Waals surface area contributed by atoms with Gasteiger partial charge in [-0.15, -0.1) is 0 Å². The number of ether oxygens (including phenoxy) is 1. The van der Waals surface area contributed by atoms with Crippen LogP contribution in [-0.2, 0) is 6.18 Å². The average molecular weight is 289 g/mol. The van der Waals surface area contributed by atoms with Gasteiger partial charge in [-0.1, -0.05) is 26.0 Å². The van der Waals surface area contributed by atoms with Gasteiger partial charge in [-0.3, -0.25) is 0 Å². The minimum absolute atomic E-state index is 0.0382. The zero-order valence-electron chi connectivity index (χ0n) is 12.1. The molecular formula is C15H22F3NO. The van der Waals surface area contributed by atoms with Crippen molar-refractivity contribution in [3.63, 3.8) is 0 Å². The molecule has 5 heteroatoms. The van der Waals surface area contributed by atoms with Gasteiger partial charge in [-0.05, 0) is 38.4 Å². The van der Waals surface area contributed by atoms with Gasteiger partial charge >= 0.3 is 6.18 Å². The molecule has 0 aliphatic carbocycles. The molecule has 20 heavy (non-hydrogen) atoms. The summed E-state index contributed by atoms with van der Waals surface area (Å²) < 4.78 is 44.2. The van der Waals surface area contributed by atoms with Crippen LogP contribution in [0.25, 0.3) is 0 Å². The fourth-order valence-electron chi connectivity index (χ4n) is 2.06. The Kier molecular flexibility index (Phi) is 6.33. The largest absolute Gasteiger partial charge is 0.488 e. The molecule has 1 aromatic rings. The lowest BCUT2D eigenvalue weighted by Gasteiger charge is -2.26. The first-order valence-electron chi connectivity index (χ1n) is 6.96. The van der Waals surface area contributed by atoms with Gasteiger partial charge in [0, 0.05) is 6.04 Å². The summed E-state index contributed by atoms with van der Waals surface area (Å²) in [5, 5.41) is 3.29. The predicted molar refractivity (Wildman–Crippen MR) is 73.9 cm³/mol. The summed E-state index contributed by atoms with van der Waals surface area (Å²) in [5.41, 5.74) is -0.725. The fourth-order valence-corrected chi connectivity index (χ4v) is 2.06. The second-order valence-electron chi connectivity index (χ2n) is 4.79. The molecule has 2 atom stereocenters. The Balaban J connectivity index is 2.82. The van der Waals surface area contributed by atoms with Gasteiger partial charge in [0.2, 0.25) is 0 Å². The number of benzene rings is 1. The second kappa shape index (κ2) is 7.53. The third kappa shape index (κ3) is 4.71. The van der Waals surface area contributed by atoms with Crippen molar-refractivity contribution in [2.75, 3.05) is 6.54 Å². The van der Waals surface area contributed by atoms with Crippen LogP contribution in [0.5, 0.6) is 5.75 Å². The zero-order chi connectivity index (χ0) is 15.2. The summed E-state index contributed by atoms with van der Waals surface area (Å²) in [7, 11) is 0. The highest BCUT2D eigenvalue weighted by Crippen LogP contribution is 2.36. The van der Waals surface area contributed by atoms with E-state index in [2.05, 4.69) is 5.32 Å². The van der Waals surface area contributed by atoms with Crippen molar-refractivity contribution in [3.8, 4) is 5.75 Å². The van der Waals surface area contributed by atoms with Crippen LogP contribution in [-0.4, -0.2) is 18.7 Å². The molecule has 114 valence electrons. The molecule has 1 aromatic carbocycles. The molecule has 0 saturated carbocycles. The Morgan fingerprint density at radius 1 is 1.20 bits per heavy atom. The molecule has 0 heterocycles. The molecule has 0 aliphatic rings. The van der Waals surface area contributed by atoms with E-state index in [1.807, 2.05) is 13.8 Å². The van der Waals surface area contributed by atoms with Gasteiger partial charge in [0.1, 0.15) is 11.9 Å². The normalized spacial score (nSPS) is 14.9. The second-order valence-corrected chi connectivity index (χ2v) is 4.79. The lowest BCUT2D eigenvalue weighted by molar-refractivity contribution is -0.139. The maximum Gasteiger partial charge on any atom is 0.419 e. The van der Waals surface area contributed by atoms with Crippen LogP contribution in [0.15, 0.2) is 24.3 Å². The van der Waals surface area contributed by atoms with Crippen molar-refractivity contribution >= 4 is 0 Å². The van der Waals surface area contributed by atoms with Crippen molar-refractivity contribution in [1.29, 1.82) is 0 Å². The number of para-hydroxylation sites is 1. The number of halogens is 3. The Morgan fingerprint density at radius 2 is 1.85 bits per heavy atom. The van der Waals surface area contributed by atoms with E-state index in [-0.39, 0.29) is 17.9 Å². The molecule has 0 amide bonds. The van der Waals surface area contributed by atoms with E-state index >= 15 is 0 Å². The lowest BCUT2D eigenvalue weighted by Crippen LogP contribution is -2.41. The van der Waals surface area contributed by atoms with Gasteiger partial charge in [0.15, 0.2) is 0 Å². The topological polar surface area (TPSA) is 21.3 Å². The van der Waals surface area contributed by atoms with Crippen LogP contribution in [0.2, 0.25) is 0 Å². The fraction of sp³-hybridized carbons (Fsp3) is 0.600. The molecule has 2 nitrogen and oxygen atoms in total. The maximum atomic E-state index is 12.9. The quantitative estimate of drug-likeness (QED) is 0.810. The summed E-state index contributed by atoms with van der Waals surface area (Å²) in [6.07, 6.45) is -2.94. The number of hydrogen-bond donors (Lipinski definition) is 1. The minimum Gasteiger partial charge on any atom is -0.488 e. The zero-order valence-corrected chi connectivity index (χ0v) is 12.1. The first kappa shape index (κ1) is 16.8. The summed E-state index contributed by atoms with van der Waals surface area (Å²) >= 11 is 0. The molecule has 1 rings (SSSR count). The van der Waals surface area contributed by atoms with Crippen LogP contribution in [0.3, 0.4) is 0 Å². The number of rotatable bonds is 7. The van der Waals surface area contributed by atoms with E-state index < -0.39 is 11.7 Å². The van der Waals surface area contributed by atoms with Crippen LogP contribution < -0.4 is 10.1 Å². The maximum absolute atomic E-state index is 12.9. The Bertz CT molecular complexity index is 406. The first-order chi connectivity index (χ1) is 9.40. The van der Waals surface area contributed by atoms with E-state index in [0.29, 0.717) is 0 Å². The van der Waals surface area contributed by atoms with Crippen molar-refractivity contribution in [3.05, 3.63) is 29.8 Å². The van der Waals surface area contributed by atoms with E-state index in [1.54, 1.807) is 13.0 Å². The molecule has 0 saturated heterocycles. The molecule has 0 aliphatic heterocycles. The Labute approximate surface area is 118 Å². The van der Waals surface area contributed by atoms with E-state index in [4.69, 9.17) is 4.74 Å². The lowest BCUT2D eigenvalue weighted by atomic mass is 10.1. The summed E-state index contributed by atoms with van der Waals surface area (Å²) in [4.78, 5) is 0.